The second kappa shape index (κ2) is 7.70. The van der Waals surface area contributed by atoms with Crippen LogP contribution < -0.4 is 5.32 Å². The molecule has 0 fully saturated rings. The molecular formula is C21H20N2O3. The Bertz CT molecular complexity index is 902. The lowest BCUT2D eigenvalue weighted by Gasteiger charge is -2.18. The summed E-state index contributed by atoms with van der Waals surface area (Å²) in [5.41, 5.74) is 3.57. The fraction of sp³-hybridized carbons (Fsp3) is 0.143. The topological polar surface area (TPSA) is 71.2 Å². The molecule has 0 saturated carbocycles. The highest BCUT2D eigenvalue weighted by Gasteiger charge is 2.26. The number of nitrogens with one attached hydrogen (secondary N) is 2. The maximum Gasteiger partial charge on any atom is 0.355 e. The summed E-state index contributed by atoms with van der Waals surface area (Å²) in [5, 5.41) is 2.87. The van der Waals surface area contributed by atoms with E-state index in [-0.39, 0.29) is 0 Å². The first kappa shape index (κ1) is 17.5. The number of carbonyl (C=O) groups excluding carboxylic acids is 2. The smallest absolute Gasteiger partial charge is 0.355 e. The number of amides is 1. The largest absolute Gasteiger partial charge is 0.443 e. The zero-order chi connectivity index (χ0) is 18.5. The number of hydrogen-bond donors (Lipinski definition) is 2. The van der Waals surface area contributed by atoms with Crippen molar-refractivity contribution in [1.29, 1.82) is 0 Å². The maximum atomic E-state index is 12.9. The third-order valence-electron chi connectivity index (χ3n) is 4.03. The Labute approximate surface area is 152 Å². The monoisotopic (exact) mass is 348 g/mol. The molecule has 2 aromatic carbocycles. The van der Waals surface area contributed by atoms with Crippen LogP contribution in [0.1, 0.15) is 33.3 Å². The molecule has 5 nitrogen and oxygen atoms in total. The summed E-state index contributed by atoms with van der Waals surface area (Å²) in [4.78, 5) is 28.0. The van der Waals surface area contributed by atoms with Gasteiger partial charge in [0.05, 0.1) is 0 Å². The Balaban J connectivity index is 1.86. The Kier molecular flexibility index (Phi) is 5.17. The summed E-state index contributed by atoms with van der Waals surface area (Å²) < 4.78 is 5.50. The van der Waals surface area contributed by atoms with Crippen LogP contribution in [0.4, 0.5) is 5.69 Å². The maximum absolute atomic E-state index is 12.9. The molecule has 2 N–H and O–H groups in total. The van der Waals surface area contributed by atoms with Crippen molar-refractivity contribution in [3.63, 3.8) is 0 Å². The molecule has 1 atom stereocenters. The first-order valence-electron chi connectivity index (χ1n) is 8.32. The van der Waals surface area contributed by atoms with Gasteiger partial charge in [-0.25, -0.2) is 4.79 Å². The molecule has 26 heavy (non-hydrogen) atoms. The lowest BCUT2D eigenvalue weighted by Crippen LogP contribution is -2.26. The third kappa shape index (κ3) is 4.00. The van der Waals surface area contributed by atoms with Gasteiger partial charge in [0.15, 0.2) is 0 Å². The summed E-state index contributed by atoms with van der Waals surface area (Å²) >= 11 is 0. The van der Waals surface area contributed by atoms with Crippen molar-refractivity contribution in [3.05, 3.63) is 89.2 Å². The molecule has 0 unspecified atom stereocenters. The molecule has 0 bridgehead atoms. The average Bonchev–Trinajstić information content (AvgIpc) is 3.18. The van der Waals surface area contributed by atoms with Crippen LogP contribution in [-0.2, 0) is 9.53 Å². The molecule has 0 spiro atoms. The number of esters is 1. The van der Waals surface area contributed by atoms with E-state index in [1.165, 1.54) is 0 Å². The number of hydrogen-bond acceptors (Lipinski definition) is 3. The molecule has 0 aliphatic heterocycles. The van der Waals surface area contributed by atoms with Crippen LogP contribution in [-0.4, -0.2) is 16.9 Å². The lowest BCUT2D eigenvalue weighted by atomic mass is 10.1. The minimum atomic E-state index is -1.05. The Morgan fingerprint density at radius 1 is 1.00 bits per heavy atom. The standard InChI is InChI=1S/C21H20N2O3/c1-14-10-11-15(2)18(13-14)23-20(24)19(16-7-4-3-5-8-16)26-21(25)17-9-6-12-22-17/h3-13,19,22H,1-2H3,(H,23,24)/t19-/m0/s1. The molecule has 132 valence electrons. The highest BCUT2D eigenvalue weighted by Crippen LogP contribution is 2.23. The number of H-pyrrole nitrogens is 1. The van der Waals surface area contributed by atoms with Crippen molar-refractivity contribution >= 4 is 17.6 Å². The molecule has 0 saturated heterocycles. The van der Waals surface area contributed by atoms with Crippen LogP contribution in [0.2, 0.25) is 0 Å². The molecule has 3 aromatic rings. The zero-order valence-electron chi connectivity index (χ0n) is 14.7. The van der Waals surface area contributed by atoms with Gasteiger partial charge in [0.2, 0.25) is 6.10 Å². The van der Waals surface area contributed by atoms with E-state index < -0.39 is 18.0 Å². The third-order valence-corrected chi connectivity index (χ3v) is 4.03. The number of aryl methyl sites for hydroxylation is 2. The van der Waals surface area contributed by atoms with Crippen LogP contribution in [0, 0.1) is 13.8 Å². The van der Waals surface area contributed by atoms with Gasteiger partial charge < -0.3 is 15.0 Å². The van der Waals surface area contributed by atoms with E-state index in [0.717, 1.165) is 11.1 Å². The predicted octanol–water partition coefficient (Wildman–Crippen LogP) is 4.17. The van der Waals surface area contributed by atoms with E-state index in [4.69, 9.17) is 4.74 Å². The van der Waals surface area contributed by atoms with Gasteiger partial charge in [0, 0.05) is 17.4 Å². The number of carbonyl (C=O) groups is 2. The van der Waals surface area contributed by atoms with Crippen molar-refractivity contribution < 1.29 is 14.3 Å². The van der Waals surface area contributed by atoms with E-state index >= 15 is 0 Å². The molecule has 1 amide bonds. The molecule has 0 radical (unpaired) electrons. The summed E-state index contributed by atoms with van der Waals surface area (Å²) in [7, 11) is 0. The Hall–Kier alpha value is -3.34. The van der Waals surface area contributed by atoms with Crippen molar-refractivity contribution in [2.45, 2.75) is 20.0 Å². The first-order valence-corrected chi connectivity index (χ1v) is 8.32. The number of rotatable bonds is 5. The number of aromatic nitrogens is 1. The van der Waals surface area contributed by atoms with Gasteiger partial charge in [-0.3, -0.25) is 4.79 Å². The van der Waals surface area contributed by atoms with Crippen molar-refractivity contribution in [1.82, 2.24) is 4.98 Å². The second-order valence-electron chi connectivity index (χ2n) is 6.09. The molecule has 1 aromatic heterocycles. The SMILES string of the molecule is Cc1ccc(C)c(NC(=O)[C@@H](OC(=O)c2ccc[nH]2)c2ccccc2)c1. The van der Waals surface area contributed by atoms with Gasteiger partial charge in [-0.1, -0.05) is 42.5 Å². The van der Waals surface area contributed by atoms with Gasteiger partial charge >= 0.3 is 5.97 Å². The summed E-state index contributed by atoms with van der Waals surface area (Å²) in [6.07, 6.45) is 0.580. The molecule has 0 aliphatic rings. The van der Waals surface area contributed by atoms with E-state index in [1.54, 1.807) is 42.6 Å². The van der Waals surface area contributed by atoms with Gasteiger partial charge in [-0.2, -0.15) is 0 Å². The van der Waals surface area contributed by atoms with E-state index in [2.05, 4.69) is 10.3 Å². The quantitative estimate of drug-likeness (QED) is 0.680. The molecule has 3 rings (SSSR count). The van der Waals surface area contributed by atoms with E-state index in [0.29, 0.717) is 16.9 Å². The zero-order valence-corrected chi connectivity index (χ0v) is 14.7. The van der Waals surface area contributed by atoms with Crippen LogP contribution in [0.3, 0.4) is 0 Å². The lowest BCUT2D eigenvalue weighted by molar-refractivity contribution is -0.125. The first-order chi connectivity index (χ1) is 12.5. The minimum Gasteiger partial charge on any atom is -0.443 e. The molecule has 1 heterocycles. The Morgan fingerprint density at radius 2 is 1.77 bits per heavy atom. The minimum absolute atomic E-state index is 0.297. The number of aromatic amines is 1. The average molecular weight is 348 g/mol. The van der Waals surface area contributed by atoms with Crippen LogP contribution in [0.5, 0.6) is 0 Å². The summed E-state index contributed by atoms with van der Waals surface area (Å²) in [6.45, 7) is 3.87. The highest BCUT2D eigenvalue weighted by atomic mass is 16.5. The summed E-state index contributed by atoms with van der Waals surface area (Å²) in [6, 6.07) is 18.1. The fourth-order valence-electron chi connectivity index (χ4n) is 2.60. The van der Waals surface area contributed by atoms with E-state index in [1.807, 2.05) is 38.1 Å². The van der Waals surface area contributed by atoms with Crippen molar-refractivity contribution in [3.8, 4) is 0 Å². The van der Waals surface area contributed by atoms with Crippen LogP contribution >= 0.6 is 0 Å². The second-order valence-corrected chi connectivity index (χ2v) is 6.09. The predicted molar refractivity (Wildman–Crippen MR) is 99.9 cm³/mol. The number of anilines is 1. The van der Waals surface area contributed by atoms with Crippen molar-refractivity contribution in [2.24, 2.45) is 0 Å². The van der Waals surface area contributed by atoms with E-state index in [9.17, 15) is 9.59 Å². The molecule has 0 aliphatic carbocycles. The summed E-state index contributed by atoms with van der Waals surface area (Å²) in [5.74, 6) is -0.982. The van der Waals surface area contributed by atoms with Gasteiger partial charge in [-0.05, 0) is 43.2 Å². The van der Waals surface area contributed by atoms with Gasteiger partial charge in [-0.15, -0.1) is 0 Å². The van der Waals surface area contributed by atoms with Crippen LogP contribution in [0.15, 0.2) is 66.9 Å². The van der Waals surface area contributed by atoms with Gasteiger partial charge in [0.25, 0.3) is 5.91 Å². The van der Waals surface area contributed by atoms with Gasteiger partial charge in [0.1, 0.15) is 5.69 Å². The number of ether oxygens (including phenoxy) is 1. The normalized spacial score (nSPS) is 11.6. The highest BCUT2D eigenvalue weighted by molar-refractivity contribution is 5.98. The fourth-order valence-corrected chi connectivity index (χ4v) is 2.60. The molecule has 5 heteroatoms. The van der Waals surface area contributed by atoms with Crippen molar-refractivity contribution in [2.75, 3.05) is 5.32 Å². The Morgan fingerprint density at radius 3 is 2.46 bits per heavy atom. The number of benzene rings is 2. The van der Waals surface area contributed by atoms with Crippen LogP contribution in [0.25, 0.3) is 0 Å². The molecular weight excluding hydrogens is 328 g/mol.